The normalized spacial score (nSPS) is 11.2. The molecule has 0 aliphatic carbocycles. The van der Waals surface area contributed by atoms with Crippen molar-refractivity contribution in [2.45, 2.75) is 19.8 Å². The second-order valence-electron chi connectivity index (χ2n) is 3.92. The maximum absolute atomic E-state index is 6.12. The van der Waals surface area contributed by atoms with Crippen molar-refractivity contribution >= 4 is 28.2 Å². The molecule has 0 bridgehead atoms. The number of hydrogen-bond acceptors (Lipinski definition) is 2. The fourth-order valence-electron chi connectivity index (χ4n) is 1.76. The molecule has 0 saturated heterocycles. The van der Waals surface area contributed by atoms with Crippen LogP contribution < -0.4 is 5.73 Å². The first kappa shape index (κ1) is 10.2. The van der Waals surface area contributed by atoms with Gasteiger partial charge >= 0.3 is 0 Å². The van der Waals surface area contributed by atoms with Crippen molar-refractivity contribution in [3.63, 3.8) is 0 Å². The Morgan fingerprint density at radius 2 is 2.07 bits per heavy atom. The average Bonchev–Trinajstić information content (AvgIpc) is 2.17. The van der Waals surface area contributed by atoms with Gasteiger partial charge in [-0.25, -0.2) is 4.98 Å². The number of aromatic nitrogens is 1. The summed E-state index contributed by atoms with van der Waals surface area (Å²) in [6.07, 6.45) is 1.83. The SMILES string of the molecule is CC(C)c1cnc(N)c2c(Cl)cccc12. The predicted octanol–water partition coefficient (Wildman–Crippen LogP) is 3.59. The molecule has 0 spiro atoms. The first-order chi connectivity index (χ1) is 7.11. The minimum Gasteiger partial charge on any atom is -0.383 e. The molecule has 78 valence electrons. The van der Waals surface area contributed by atoms with Gasteiger partial charge in [0.15, 0.2) is 0 Å². The van der Waals surface area contributed by atoms with Crippen LogP contribution in [0.4, 0.5) is 5.82 Å². The van der Waals surface area contributed by atoms with Gasteiger partial charge in [-0.05, 0) is 22.9 Å². The Hall–Kier alpha value is -1.28. The molecule has 0 fully saturated rings. The van der Waals surface area contributed by atoms with E-state index in [1.807, 2.05) is 24.4 Å². The van der Waals surface area contributed by atoms with Crippen LogP contribution in [-0.4, -0.2) is 4.98 Å². The van der Waals surface area contributed by atoms with Gasteiger partial charge < -0.3 is 5.73 Å². The van der Waals surface area contributed by atoms with E-state index < -0.39 is 0 Å². The Labute approximate surface area is 94.1 Å². The van der Waals surface area contributed by atoms with E-state index in [1.54, 1.807) is 0 Å². The molecule has 1 aromatic carbocycles. The molecule has 3 heteroatoms. The molecule has 2 nitrogen and oxygen atoms in total. The summed E-state index contributed by atoms with van der Waals surface area (Å²) in [5.41, 5.74) is 7.01. The number of rotatable bonds is 1. The van der Waals surface area contributed by atoms with Gasteiger partial charge in [-0.15, -0.1) is 0 Å². The molecule has 15 heavy (non-hydrogen) atoms. The van der Waals surface area contributed by atoms with E-state index in [-0.39, 0.29) is 0 Å². The van der Waals surface area contributed by atoms with Crippen LogP contribution in [0.15, 0.2) is 24.4 Å². The number of benzene rings is 1. The van der Waals surface area contributed by atoms with E-state index in [9.17, 15) is 0 Å². The van der Waals surface area contributed by atoms with Gasteiger partial charge in [0.25, 0.3) is 0 Å². The Morgan fingerprint density at radius 1 is 1.33 bits per heavy atom. The highest BCUT2D eigenvalue weighted by Gasteiger charge is 2.10. The van der Waals surface area contributed by atoms with Crippen LogP contribution in [-0.2, 0) is 0 Å². The van der Waals surface area contributed by atoms with Crippen molar-refractivity contribution in [3.8, 4) is 0 Å². The zero-order valence-corrected chi connectivity index (χ0v) is 9.55. The van der Waals surface area contributed by atoms with Crippen molar-refractivity contribution in [1.29, 1.82) is 0 Å². The van der Waals surface area contributed by atoms with Crippen LogP contribution in [0, 0.1) is 0 Å². The first-order valence-corrected chi connectivity index (χ1v) is 5.31. The van der Waals surface area contributed by atoms with Gasteiger partial charge in [-0.2, -0.15) is 0 Å². The highest BCUT2D eigenvalue weighted by molar-refractivity contribution is 6.36. The average molecular weight is 221 g/mol. The van der Waals surface area contributed by atoms with E-state index in [4.69, 9.17) is 17.3 Å². The van der Waals surface area contributed by atoms with Crippen molar-refractivity contribution < 1.29 is 0 Å². The summed E-state index contributed by atoms with van der Waals surface area (Å²) in [4.78, 5) is 4.18. The molecule has 0 aliphatic heterocycles. The zero-order valence-electron chi connectivity index (χ0n) is 8.79. The van der Waals surface area contributed by atoms with Gasteiger partial charge in [0, 0.05) is 11.6 Å². The van der Waals surface area contributed by atoms with Crippen molar-refractivity contribution in [1.82, 2.24) is 4.98 Å². The lowest BCUT2D eigenvalue weighted by Crippen LogP contribution is -1.97. The lowest BCUT2D eigenvalue weighted by Gasteiger charge is -2.11. The molecule has 0 radical (unpaired) electrons. The number of nitrogens with zero attached hydrogens (tertiary/aromatic N) is 1. The molecule has 0 saturated carbocycles. The van der Waals surface area contributed by atoms with Crippen LogP contribution >= 0.6 is 11.6 Å². The van der Waals surface area contributed by atoms with Crippen molar-refractivity contribution in [3.05, 3.63) is 35.0 Å². The summed E-state index contributed by atoms with van der Waals surface area (Å²) in [6, 6.07) is 5.82. The van der Waals surface area contributed by atoms with Crippen LogP contribution in [0.1, 0.15) is 25.3 Å². The minimum atomic E-state index is 0.416. The predicted molar refractivity (Wildman–Crippen MR) is 65.3 cm³/mol. The fraction of sp³-hybridized carbons (Fsp3) is 0.250. The third-order valence-corrected chi connectivity index (χ3v) is 2.86. The second-order valence-corrected chi connectivity index (χ2v) is 4.32. The first-order valence-electron chi connectivity index (χ1n) is 4.94. The van der Waals surface area contributed by atoms with Crippen LogP contribution in [0.2, 0.25) is 5.02 Å². The molecule has 0 unspecified atom stereocenters. The fourth-order valence-corrected chi connectivity index (χ4v) is 2.03. The van der Waals surface area contributed by atoms with Gasteiger partial charge in [0.1, 0.15) is 5.82 Å². The van der Waals surface area contributed by atoms with Gasteiger partial charge in [-0.1, -0.05) is 37.6 Å². The maximum atomic E-state index is 6.12. The molecule has 0 aliphatic rings. The Balaban J connectivity index is 2.89. The number of pyridine rings is 1. The second kappa shape index (κ2) is 3.70. The summed E-state index contributed by atoms with van der Waals surface area (Å²) in [6.45, 7) is 4.26. The molecule has 0 amide bonds. The quantitative estimate of drug-likeness (QED) is 0.798. The van der Waals surface area contributed by atoms with E-state index >= 15 is 0 Å². The minimum absolute atomic E-state index is 0.416. The van der Waals surface area contributed by atoms with Crippen molar-refractivity contribution in [2.75, 3.05) is 5.73 Å². The number of halogens is 1. The summed E-state index contributed by atoms with van der Waals surface area (Å²) in [5.74, 6) is 0.916. The van der Waals surface area contributed by atoms with E-state index in [0.717, 1.165) is 10.8 Å². The van der Waals surface area contributed by atoms with Crippen molar-refractivity contribution in [2.24, 2.45) is 0 Å². The third-order valence-electron chi connectivity index (χ3n) is 2.55. The maximum Gasteiger partial charge on any atom is 0.132 e. The smallest absolute Gasteiger partial charge is 0.132 e. The van der Waals surface area contributed by atoms with Gasteiger partial charge in [-0.3, -0.25) is 0 Å². The third kappa shape index (κ3) is 1.65. The summed E-state index contributed by atoms with van der Waals surface area (Å²) in [5, 5.41) is 2.63. The number of nitrogen functional groups attached to an aromatic ring is 1. The zero-order chi connectivity index (χ0) is 11.0. The van der Waals surface area contributed by atoms with Crippen LogP contribution in [0.25, 0.3) is 10.8 Å². The number of fused-ring (bicyclic) bond motifs is 1. The molecule has 1 aromatic heterocycles. The van der Waals surface area contributed by atoms with Crippen LogP contribution in [0.5, 0.6) is 0 Å². The standard InChI is InChI=1S/C12H13ClN2/c1-7(2)9-6-15-12(14)11-8(9)4-3-5-10(11)13/h3-7H,1-2H3,(H2,14,15). The molecule has 1 heterocycles. The number of nitrogens with two attached hydrogens (primary N) is 1. The lowest BCUT2D eigenvalue weighted by atomic mass is 9.98. The monoisotopic (exact) mass is 220 g/mol. The Morgan fingerprint density at radius 3 is 2.73 bits per heavy atom. The van der Waals surface area contributed by atoms with Crippen LogP contribution in [0.3, 0.4) is 0 Å². The Kier molecular flexibility index (Phi) is 2.53. The summed E-state index contributed by atoms with van der Waals surface area (Å²) >= 11 is 6.12. The van der Waals surface area contributed by atoms with E-state index in [1.165, 1.54) is 5.56 Å². The molecule has 2 N–H and O–H groups in total. The van der Waals surface area contributed by atoms with E-state index in [0.29, 0.717) is 16.8 Å². The molecular formula is C12H13ClN2. The molecule has 2 aromatic rings. The van der Waals surface area contributed by atoms with Gasteiger partial charge in [0.2, 0.25) is 0 Å². The largest absolute Gasteiger partial charge is 0.383 e. The molecular weight excluding hydrogens is 208 g/mol. The Bertz CT molecular complexity index is 498. The lowest BCUT2D eigenvalue weighted by molar-refractivity contribution is 0.869. The topological polar surface area (TPSA) is 38.9 Å². The highest BCUT2D eigenvalue weighted by Crippen LogP contribution is 2.32. The van der Waals surface area contributed by atoms with Gasteiger partial charge in [0.05, 0.1) is 5.02 Å². The molecule has 0 atom stereocenters. The molecule has 2 rings (SSSR count). The highest BCUT2D eigenvalue weighted by atomic mass is 35.5. The summed E-state index contributed by atoms with van der Waals surface area (Å²) in [7, 11) is 0. The number of anilines is 1. The summed E-state index contributed by atoms with van der Waals surface area (Å²) < 4.78 is 0. The van der Waals surface area contributed by atoms with E-state index in [2.05, 4.69) is 18.8 Å². The number of hydrogen-bond donors (Lipinski definition) is 1.